The van der Waals surface area contributed by atoms with Crippen molar-refractivity contribution < 1.29 is 77.9 Å². The first kappa shape index (κ1) is 50.3. The maximum Gasteiger partial charge on any atom is 2.00 e. The van der Waals surface area contributed by atoms with Gasteiger partial charge in [-0.25, -0.2) is 72.8 Å². The zero-order valence-corrected chi connectivity index (χ0v) is 36.6. The van der Waals surface area contributed by atoms with E-state index in [2.05, 4.69) is 0 Å². The summed E-state index contributed by atoms with van der Waals surface area (Å²) in [5.74, 6) is -0.572. The van der Waals surface area contributed by atoms with Gasteiger partial charge in [-0.3, -0.25) is 4.79 Å². The van der Waals surface area contributed by atoms with E-state index < -0.39 is 11.3 Å². The monoisotopic (exact) mass is 936 g/mol. The van der Waals surface area contributed by atoms with Crippen molar-refractivity contribution in [2.75, 3.05) is 0 Å². The standard InChI is InChI=1S/C33H24O2.4C5H5.4Fe/c34-28(22-23-12-2-1-3-13-23)30(25-16-6-7-17-25)33(27-20-10-11-21-27)31(26-18-8-9-19-26)29(32(33)35)24-14-4-5-15-24;4*1-2-4-5-3-1;;;;/h1-21,30H,22H2;4*1-5H;;;;/q-4;4*-1;4*+2. The van der Waals surface area contributed by atoms with Crippen LogP contribution in [0.5, 0.6) is 0 Å². The number of Topliss-reactive ketones (excluding diaryl/α,β-unsaturated/α-hetero) is 2. The van der Waals surface area contributed by atoms with Crippen molar-refractivity contribution in [2.24, 2.45) is 0 Å². The van der Waals surface area contributed by atoms with Gasteiger partial charge in [0.05, 0.1) is 5.78 Å². The fourth-order valence-electron chi connectivity index (χ4n) is 7.08. The van der Waals surface area contributed by atoms with Gasteiger partial charge in [0.15, 0.2) is 0 Å². The SMILES string of the molecule is O=C(Cc1ccccc1)C([c-]1cccc1)C1([c-]2cccc2)C(=O)C([c-]2cccc2)=C1[c-]1cccc1.[Fe+2].[Fe+2].[Fe+2].[Fe+2].c1cc[cH-]c1.c1cc[cH-]c1.c1cc[cH-]c1.c1cc[cH-]c1. The molecule has 0 spiro atoms. The number of hydrogen-bond donors (Lipinski definition) is 0. The van der Waals surface area contributed by atoms with Crippen LogP contribution in [0, 0.1) is 0 Å². The molecular weight excluding hydrogens is 892 g/mol. The molecule has 0 fully saturated rings. The third-order valence-electron chi connectivity index (χ3n) is 9.47. The van der Waals surface area contributed by atoms with Crippen LogP contribution in [0.1, 0.15) is 33.7 Å². The van der Waals surface area contributed by atoms with Gasteiger partial charge in [0.1, 0.15) is 5.78 Å². The van der Waals surface area contributed by atoms with Crippen LogP contribution in [-0.2, 0) is 89.7 Å². The first-order valence-electron chi connectivity index (χ1n) is 18.6. The van der Waals surface area contributed by atoms with Crippen molar-refractivity contribution >= 4 is 22.7 Å². The van der Waals surface area contributed by atoms with E-state index in [1.807, 2.05) is 249 Å². The molecule has 0 amide bonds. The van der Waals surface area contributed by atoms with Gasteiger partial charge < -0.3 is 4.79 Å². The van der Waals surface area contributed by atoms with Gasteiger partial charge in [0.2, 0.25) is 0 Å². The van der Waals surface area contributed by atoms with Crippen LogP contribution >= 0.6 is 0 Å². The Morgan fingerprint density at radius 2 is 0.847 bits per heavy atom. The van der Waals surface area contributed by atoms with Crippen LogP contribution in [-0.4, -0.2) is 11.6 Å². The Balaban J connectivity index is 0.000000407. The minimum absolute atomic E-state index is 0. The number of benzene rings is 1. The predicted octanol–water partition coefficient (Wildman–Crippen LogP) is 12.2. The average Bonchev–Trinajstić information content (AvgIpc) is 4.07. The zero-order chi connectivity index (χ0) is 38.0. The Morgan fingerprint density at radius 3 is 1.24 bits per heavy atom. The largest absolute Gasteiger partial charge is 2.00 e. The molecule has 0 heterocycles. The maximum atomic E-state index is 14.5. The molecule has 0 saturated heterocycles. The van der Waals surface area contributed by atoms with Crippen LogP contribution in [0.2, 0.25) is 0 Å². The summed E-state index contributed by atoms with van der Waals surface area (Å²) >= 11 is 0. The topological polar surface area (TPSA) is 34.1 Å². The molecule has 2 unspecified atom stereocenters. The molecule has 0 N–H and O–H groups in total. The second-order valence-electron chi connectivity index (χ2n) is 13.0. The second-order valence-corrected chi connectivity index (χ2v) is 13.0. The number of rotatable bonds is 8. The molecule has 9 aromatic carbocycles. The van der Waals surface area contributed by atoms with E-state index in [4.69, 9.17) is 0 Å². The summed E-state index contributed by atoms with van der Waals surface area (Å²) in [4.78, 5) is 28.7. The fraction of sp³-hybridized carbons (Fsp3) is 0.0566. The van der Waals surface area contributed by atoms with Crippen LogP contribution in [0.3, 0.4) is 0 Å². The molecule has 2 atom stereocenters. The van der Waals surface area contributed by atoms with E-state index in [1.165, 1.54) is 0 Å². The molecule has 0 bridgehead atoms. The van der Waals surface area contributed by atoms with Crippen molar-refractivity contribution in [1.29, 1.82) is 0 Å². The van der Waals surface area contributed by atoms with Gasteiger partial charge in [-0.15, -0.1) is 34.4 Å². The molecule has 0 saturated carbocycles. The Bertz CT molecular complexity index is 2110. The first-order valence-corrected chi connectivity index (χ1v) is 18.6. The van der Waals surface area contributed by atoms with Crippen molar-refractivity contribution in [3.05, 3.63) is 277 Å². The van der Waals surface area contributed by atoms with E-state index in [1.54, 1.807) is 0 Å². The summed E-state index contributed by atoms with van der Waals surface area (Å²) in [6.07, 6.45) is 0.270. The number of hydrogen-bond acceptors (Lipinski definition) is 2. The van der Waals surface area contributed by atoms with Crippen molar-refractivity contribution in [2.45, 2.75) is 17.8 Å². The molecule has 2 nitrogen and oxygen atoms in total. The van der Waals surface area contributed by atoms with Crippen LogP contribution in [0.25, 0.3) is 11.1 Å². The van der Waals surface area contributed by atoms with Crippen LogP contribution in [0.4, 0.5) is 0 Å². The number of carbonyl (C=O) groups is 2. The van der Waals surface area contributed by atoms with E-state index in [9.17, 15) is 9.59 Å². The molecule has 6 heteroatoms. The summed E-state index contributed by atoms with van der Waals surface area (Å²) in [6, 6.07) is 81.5. The minimum atomic E-state index is -1.08. The maximum absolute atomic E-state index is 14.5. The molecule has 0 aromatic heterocycles. The zero-order valence-electron chi connectivity index (χ0n) is 32.2. The molecule has 9 aromatic rings. The molecular formula is C53H44Fe4O2. The molecule has 300 valence electrons. The van der Waals surface area contributed by atoms with E-state index in [0.29, 0.717) is 5.57 Å². The normalized spacial score (nSPS) is 13.7. The Labute approximate surface area is 391 Å². The average molecular weight is 936 g/mol. The minimum Gasteiger partial charge on any atom is -0.352 e. The Morgan fingerprint density at radius 1 is 0.475 bits per heavy atom. The van der Waals surface area contributed by atoms with Gasteiger partial charge in [-0.1, -0.05) is 30.3 Å². The number of allylic oxidation sites excluding steroid dienone is 2. The summed E-state index contributed by atoms with van der Waals surface area (Å²) in [6.45, 7) is 0. The van der Waals surface area contributed by atoms with Gasteiger partial charge in [0, 0.05) is 6.42 Å². The number of ketones is 2. The van der Waals surface area contributed by atoms with Crippen molar-refractivity contribution in [1.82, 2.24) is 0 Å². The van der Waals surface area contributed by atoms with E-state index >= 15 is 0 Å². The van der Waals surface area contributed by atoms with Crippen LogP contribution < -0.4 is 0 Å². The quantitative estimate of drug-likeness (QED) is 0.112. The third kappa shape index (κ3) is 13.1. The second kappa shape index (κ2) is 27.0. The smallest absolute Gasteiger partial charge is 0.352 e. The van der Waals surface area contributed by atoms with Crippen molar-refractivity contribution in [3.63, 3.8) is 0 Å². The third-order valence-corrected chi connectivity index (χ3v) is 9.47. The number of carbonyl (C=O) groups excluding carboxylic acids is 2. The summed E-state index contributed by atoms with van der Waals surface area (Å²) in [5, 5.41) is 0. The van der Waals surface area contributed by atoms with Crippen molar-refractivity contribution in [3.8, 4) is 0 Å². The van der Waals surface area contributed by atoms with E-state index in [-0.39, 0.29) is 86.3 Å². The summed E-state index contributed by atoms with van der Waals surface area (Å²) < 4.78 is 0. The molecule has 1 aliphatic rings. The summed E-state index contributed by atoms with van der Waals surface area (Å²) in [7, 11) is 0. The van der Waals surface area contributed by atoms with Gasteiger partial charge in [0.25, 0.3) is 0 Å². The fourth-order valence-corrected chi connectivity index (χ4v) is 7.08. The first-order chi connectivity index (χ1) is 27.2. The molecule has 10 rings (SSSR count). The molecule has 59 heavy (non-hydrogen) atoms. The van der Waals surface area contributed by atoms with E-state index in [0.717, 1.165) is 33.4 Å². The predicted molar refractivity (Wildman–Crippen MR) is 228 cm³/mol. The van der Waals surface area contributed by atoms with Gasteiger partial charge >= 0.3 is 68.3 Å². The molecule has 0 radical (unpaired) electrons. The van der Waals surface area contributed by atoms with Gasteiger partial charge in [-0.05, 0) is 16.9 Å². The Kier molecular flexibility index (Phi) is 23.1. The molecule has 1 aliphatic carbocycles. The van der Waals surface area contributed by atoms with Gasteiger partial charge in [-0.2, -0.15) is 145 Å². The summed E-state index contributed by atoms with van der Waals surface area (Å²) in [5.41, 5.74) is 5.19. The molecule has 0 aliphatic heterocycles. The van der Waals surface area contributed by atoms with Crippen LogP contribution in [0.15, 0.2) is 249 Å². The Hall–Kier alpha value is -4.82.